The van der Waals surface area contributed by atoms with Crippen molar-refractivity contribution < 1.29 is 32.7 Å². The smallest absolute Gasteiger partial charge is 0.120 e. The number of pyridine rings is 2. The van der Waals surface area contributed by atoms with E-state index in [9.17, 15) is 0 Å². The zero-order chi connectivity index (χ0) is 38.1. The van der Waals surface area contributed by atoms with Gasteiger partial charge in [0.25, 0.3) is 0 Å². The van der Waals surface area contributed by atoms with Gasteiger partial charge in [-0.2, -0.15) is 0 Å². The van der Waals surface area contributed by atoms with Crippen molar-refractivity contribution in [1.29, 1.82) is 0 Å². The SMILES string of the molecule is CC(C)(c1ccccc1)c1cc(-c2[c-]ccc3c2oc2ccccc23)ncc1-c1ccccc1.[2H]C([2H])([2H])c1c[c-]c(-c2ccc(C([2H])([2H])[2H])cn2)cc1.[Ir]. The number of para-hydroxylation sites is 1. The fourth-order valence-electron chi connectivity index (χ4n) is 5.99. The summed E-state index contributed by atoms with van der Waals surface area (Å²) in [5.41, 5.74) is 9.54. The average Bonchev–Trinajstić information content (AvgIpc) is 3.57. The number of aryl methyl sites for hydroxylation is 2. The number of benzene rings is 5. The molecule has 49 heavy (non-hydrogen) atoms. The summed E-state index contributed by atoms with van der Waals surface area (Å²) in [6.07, 6.45) is 3.30. The Bertz CT molecular complexity index is 2470. The fraction of sp³-hybridized carbons (Fsp3) is 0.111. The summed E-state index contributed by atoms with van der Waals surface area (Å²) in [6, 6.07) is 49.4. The fourth-order valence-corrected chi connectivity index (χ4v) is 5.99. The minimum atomic E-state index is -2.18. The van der Waals surface area contributed by atoms with Gasteiger partial charge in [-0.3, -0.25) is 0 Å². The van der Waals surface area contributed by atoms with Crippen LogP contribution >= 0.6 is 0 Å². The first-order chi connectivity index (χ1) is 25.8. The van der Waals surface area contributed by atoms with Crippen LogP contribution in [0.1, 0.15) is 44.3 Å². The van der Waals surface area contributed by atoms with Crippen LogP contribution < -0.4 is 0 Å². The topological polar surface area (TPSA) is 38.9 Å². The van der Waals surface area contributed by atoms with Gasteiger partial charge in [0.05, 0.1) is 5.58 Å². The van der Waals surface area contributed by atoms with Crippen molar-refractivity contribution in [2.24, 2.45) is 0 Å². The number of furan rings is 1. The molecule has 0 N–H and O–H groups in total. The predicted octanol–water partition coefficient (Wildman–Crippen LogP) is 11.6. The number of hydrogen-bond acceptors (Lipinski definition) is 3. The van der Waals surface area contributed by atoms with Gasteiger partial charge < -0.3 is 14.4 Å². The molecule has 243 valence electrons. The van der Waals surface area contributed by atoms with Crippen molar-refractivity contribution in [2.75, 3.05) is 0 Å². The monoisotopic (exact) mass is 819 g/mol. The molecule has 0 aliphatic rings. The van der Waals surface area contributed by atoms with Gasteiger partial charge in [-0.1, -0.05) is 129 Å². The quantitative estimate of drug-likeness (QED) is 0.162. The van der Waals surface area contributed by atoms with Gasteiger partial charge in [0.15, 0.2) is 0 Å². The Hall–Kier alpha value is -5.15. The third-order valence-electron chi connectivity index (χ3n) is 8.60. The summed E-state index contributed by atoms with van der Waals surface area (Å²) in [6.45, 7) is 0.215. The van der Waals surface area contributed by atoms with Crippen LogP contribution in [0, 0.1) is 25.8 Å². The molecule has 0 unspecified atom stereocenters. The molecule has 8 rings (SSSR count). The van der Waals surface area contributed by atoms with E-state index in [4.69, 9.17) is 17.6 Å². The van der Waals surface area contributed by atoms with Crippen molar-refractivity contribution in [1.82, 2.24) is 9.97 Å². The average molecular weight is 819 g/mol. The summed E-state index contributed by atoms with van der Waals surface area (Å²) >= 11 is 0. The molecule has 8 aromatic rings. The molecule has 0 aliphatic carbocycles. The molecule has 3 aromatic heterocycles. The van der Waals surface area contributed by atoms with Crippen LogP contribution in [-0.4, -0.2) is 9.97 Å². The maximum atomic E-state index is 7.28. The number of hydrogen-bond donors (Lipinski definition) is 0. The molecular formula is C45H36IrN2O-2. The van der Waals surface area contributed by atoms with Crippen molar-refractivity contribution in [3.05, 3.63) is 180 Å². The Morgan fingerprint density at radius 2 is 1.39 bits per heavy atom. The van der Waals surface area contributed by atoms with E-state index in [0.717, 1.165) is 44.3 Å². The first kappa shape index (κ1) is 26.8. The zero-order valence-electron chi connectivity index (χ0n) is 33.0. The summed E-state index contributed by atoms with van der Waals surface area (Å²) in [5, 5.41) is 2.20. The molecule has 0 saturated heterocycles. The Balaban J connectivity index is 0.000000211. The standard InChI is InChI=1S/C32H24NO.C13H12N.Ir/c1-32(2,23-14-7-4-8-15-23)28-20-29(33-21-27(28)22-12-5-3-6-13-22)26-18-11-17-25-24-16-9-10-19-30(24)34-31(25)26;1-10-3-6-12(7-4-10)13-8-5-11(2)9-14-13;/h3-17,19-21H,1-2H3;3-6,8-9H,1-2H3;/q2*-1;/i;1D3,2D3;. The molecule has 0 spiro atoms. The maximum absolute atomic E-state index is 7.28. The summed E-state index contributed by atoms with van der Waals surface area (Å²) in [5.74, 6) is 0. The number of nitrogens with zero attached hydrogens (tertiary/aromatic N) is 2. The first-order valence-electron chi connectivity index (χ1n) is 18.7. The van der Waals surface area contributed by atoms with Crippen LogP contribution in [0.4, 0.5) is 0 Å². The number of fused-ring (bicyclic) bond motifs is 3. The molecule has 0 bridgehead atoms. The first-order valence-corrected chi connectivity index (χ1v) is 15.7. The van der Waals surface area contributed by atoms with E-state index in [-0.39, 0.29) is 36.6 Å². The second-order valence-corrected chi connectivity index (χ2v) is 12.1. The Morgan fingerprint density at radius 3 is 2.10 bits per heavy atom. The second-order valence-electron chi connectivity index (χ2n) is 12.1. The van der Waals surface area contributed by atoms with Crippen LogP contribution in [0.3, 0.4) is 0 Å². The van der Waals surface area contributed by atoms with E-state index in [1.807, 2.05) is 36.5 Å². The normalized spacial score (nSPS) is 13.4. The van der Waals surface area contributed by atoms with Crippen LogP contribution in [0.15, 0.2) is 150 Å². The van der Waals surface area contributed by atoms with E-state index in [1.165, 1.54) is 35.5 Å². The second kappa shape index (κ2) is 14.5. The zero-order valence-corrected chi connectivity index (χ0v) is 29.4. The van der Waals surface area contributed by atoms with Crippen LogP contribution in [-0.2, 0) is 25.5 Å². The summed E-state index contributed by atoms with van der Waals surface area (Å²) in [7, 11) is 0. The van der Waals surface area contributed by atoms with Crippen LogP contribution in [0.5, 0.6) is 0 Å². The van der Waals surface area contributed by atoms with Crippen molar-refractivity contribution >= 4 is 21.9 Å². The van der Waals surface area contributed by atoms with Gasteiger partial charge in [0.2, 0.25) is 0 Å². The van der Waals surface area contributed by atoms with E-state index in [0.29, 0.717) is 11.3 Å². The minimum absolute atomic E-state index is 0. The molecule has 0 fully saturated rings. The molecule has 3 heterocycles. The number of aromatic nitrogens is 2. The van der Waals surface area contributed by atoms with Crippen LogP contribution in [0.2, 0.25) is 0 Å². The molecule has 0 aliphatic heterocycles. The maximum Gasteiger partial charge on any atom is 0.120 e. The molecule has 0 amide bonds. The summed E-state index contributed by atoms with van der Waals surface area (Å²) < 4.78 is 49.9. The van der Waals surface area contributed by atoms with Crippen molar-refractivity contribution in [3.8, 4) is 33.6 Å². The molecule has 5 aromatic carbocycles. The van der Waals surface area contributed by atoms with Gasteiger partial charge in [-0.25, -0.2) is 0 Å². The van der Waals surface area contributed by atoms with E-state index < -0.39 is 13.7 Å². The predicted molar refractivity (Wildman–Crippen MR) is 198 cm³/mol. The molecule has 0 saturated carbocycles. The van der Waals surface area contributed by atoms with E-state index in [1.54, 1.807) is 12.1 Å². The van der Waals surface area contributed by atoms with Crippen molar-refractivity contribution in [3.63, 3.8) is 0 Å². The Labute approximate surface area is 310 Å². The largest absolute Gasteiger partial charge is 0.501 e. The Morgan fingerprint density at radius 1 is 0.673 bits per heavy atom. The summed E-state index contributed by atoms with van der Waals surface area (Å²) in [4.78, 5) is 9.00. The minimum Gasteiger partial charge on any atom is -0.501 e. The van der Waals surface area contributed by atoms with Crippen molar-refractivity contribution in [2.45, 2.75) is 33.0 Å². The molecule has 4 heteroatoms. The number of rotatable bonds is 5. The molecule has 1 radical (unpaired) electrons. The Kier molecular flexibility index (Phi) is 7.94. The third kappa shape index (κ3) is 7.03. The van der Waals surface area contributed by atoms with Gasteiger partial charge in [-0.15, -0.1) is 53.6 Å². The van der Waals surface area contributed by atoms with E-state index >= 15 is 0 Å². The molecule has 3 nitrogen and oxygen atoms in total. The van der Waals surface area contributed by atoms with E-state index in [2.05, 4.69) is 104 Å². The molecule has 0 atom stereocenters. The molecular weight excluding hydrogens is 777 g/mol. The third-order valence-corrected chi connectivity index (χ3v) is 8.60. The van der Waals surface area contributed by atoms with Crippen LogP contribution in [0.25, 0.3) is 55.6 Å². The van der Waals surface area contributed by atoms with Gasteiger partial charge >= 0.3 is 0 Å². The van der Waals surface area contributed by atoms with Gasteiger partial charge in [0.1, 0.15) is 5.58 Å². The van der Waals surface area contributed by atoms with Gasteiger partial charge in [-0.05, 0) is 46.6 Å². The van der Waals surface area contributed by atoms with Gasteiger partial charge in [0, 0.05) is 57.1 Å².